The van der Waals surface area contributed by atoms with E-state index in [1.54, 1.807) is 0 Å². The summed E-state index contributed by atoms with van der Waals surface area (Å²) in [5.41, 5.74) is 1.45. The molecule has 3 aromatic carbocycles. The monoisotopic (exact) mass is 424 g/mol. The molecule has 0 unspecified atom stereocenters. The zero-order valence-electron chi connectivity index (χ0n) is 19.1. The lowest BCUT2D eigenvalue weighted by Crippen LogP contribution is -2.44. The first-order valence-electron chi connectivity index (χ1n) is 11.5. The van der Waals surface area contributed by atoms with E-state index in [1.807, 2.05) is 66.7 Å². The van der Waals surface area contributed by atoms with Crippen LogP contribution in [-0.2, 0) is 5.41 Å². The second-order valence-electron chi connectivity index (χ2n) is 9.35. The van der Waals surface area contributed by atoms with E-state index in [0.717, 1.165) is 49.2 Å². The van der Waals surface area contributed by atoms with Gasteiger partial charge in [-0.3, -0.25) is 4.90 Å². The van der Waals surface area contributed by atoms with Crippen molar-refractivity contribution in [2.75, 3.05) is 13.1 Å². The molecule has 0 spiro atoms. The average molecular weight is 425 g/mol. The Balaban J connectivity index is 1.50. The van der Waals surface area contributed by atoms with Gasteiger partial charge in [-0.1, -0.05) is 78.9 Å². The van der Waals surface area contributed by atoms with E-state index in [4.69, 9.17) is 4.74 Å². The van der Waals surface area contributed by atoms with Crippen LogP contribution >= 0.6 is 0 Å². The van der Waals surface area contributed by atoms with Crippen LogP contribution in [0.25, 0.3) is 0 Å². The minimum absolute atomic E-state index is 0.0273. The van der Waals surface area contributed by atoms with Gasteiger partial charge in [0, 0.05) is 18.6 Å². The smallest absolute Gasteiger partial charge is 0.119 e. The minimum atomic E-state index is -0.653. The van der Waals surface area contributed by atoms with E-state index >= 15 is 0 Å². The first-order chi connectivity index (χ1) is 15.5. The molecule has 0 N–H and O–H groups in total. The maximum Gasteiger partial charge on any atom is 0.119 e. The molecule has 32 heavy (non-hydrogen) atoms. The number of ether oxygens (including phenoxy) is 1. The molecule has 0 aromatic heterocycles. The summed E-state index contributed by atoms with van der Waals surface area (Å²) in [5, 5.41) is 10.5. The third kappa shape index (κ3) is 4.71. The second-order valence-corrected chi connectivity index (χ2v) is 9.35. The number of benzene rings is 3. The van der Waals surface area contributed by atoms with Crippen molar-refractivity contribution in [3.05, 3.63) is 102 Å². The van der Waals surface area contributed by atoms with Crippen LogP contribution < -0.4 is 4.74 Å². The molecule has 0 radical (unpaired) electrons. The fraction of sp³-hybridized carbons (Fsp3) is 0.345. The lowest BCUT2D eigenvalue weighted by Gasteiger charge is -2.38. The van der Waals surface area contributed by atoms with Gasteiger partial charge < -0.3 is 4.74 Å². The first-order valence-corrected chi connectivity index (χ1v) is 11.5. The fourth-order valence-corrected chi connectivity index (χ4v) is 4.80. The van der Waals surface area contributed by atoms with E-state index in [-0.39, 0.29) is 11.6 Å². The zero-order valence-corrected chi connectivity index (χ0v) is 19.1. The SMILES string of the molecule is CC(C)(CCC(C#N)(c1ccccc1)c1ccccc1)N1CC[C@@H](Oc2ccccc2)C1. The topological polar surface area (TPSA) is 36.3 Å². The van der Waals surface area contributed by atoms with E-state index in [2.05, 4.69) is 49.1 Å². The van der Waals surface area contributed by atoms with Crippen LogP contribution in [0.5, 0.6) is 5.75 Å². The molecule has 1 fully saturated rings. The van der Waals surface area contributed by atoms with E-state index in [1.165, 1.54) is 0 Å². The second kappa shape index (κ2) is 9.59. The Kier molecular flexibility index (Phi) is 6.63. The average Bonchev–Trinajstić information content (AvgIpc) is 3.31. The standard InChI is InChI=1S/C29H32N2O/c1-28(2,31-21-18-27(22-31)32-26-16-10-5-11-17-26)19-20-29(23-30,24-12-6-3-7-13-24)25-14-8-4-9-15-25/h3-17,27H,18-22H2,1-2H3/t27-/m1/s1. The van der Waals surface area contributed by atoms with Gasteiger partial charge in [-0.15, -0.1) is 0 Å². The number of nitriles is 1. The van der Waals surface area contributed by atoms with E-state index in [9.17, 15) is 5.26 Å². The Bertz CT molecular complexity index is 986. The molecule has 4 rings (SSSR count). The molecule has 0 amide bonds. The Morgan fingerprint density at radius 2 is 1.38 bits per heavy atom. The molecule has 0 saturated carbocycles. The summed E-state index contributed by atoms with van der Waals surface area (Å²) in [6.45, 7) is 6.53. The molecule has 0 aliphatic carbocycles. The van der Waals surface area contributed by atoms with Gasteiger partial charge in [0.2, 0.25) is 0 Å². The number of hydrogen-bond acceptors (Lipinski definition) is 3. The zero-order chi connectivity index (χ0) is 22.4. The van der Waals surface area contributed by atoms with E-state index < -0.39 is 5.41 Å². The van der Waals surface area contributed by atoms with Crippen LogP contribution in [0.15, 0.2) is 91.0 Å². The molecule has 3 nitrogen and oxygen atoms in total. The van der Waals surface area contributed by atoms with Crippen molar-refractivity contribution in [2.45, 2.75) is 50.2 Å². The lowest BCUT2D eigenvalue weighted by atomic mass is 9.70. The Labute approximate surface area is 192 Å². The number of nitrogens with zero attached hydrogens (tertiary/aromatic N) is 2. The normalized spacial score (nSPS) is 17.1. The largest absolute Gasteiger partial charge is 0.489 e. The van der Waals surface area contributed by atoms with Gasteiger partial charge in [-0.05, 0) is 56.4 Å². The predicted molar refractivity (Wildman–Crippen MR) is 130 cm³/mol. The quantitative estimate of drug-likeness (QED) is 0.431. The third-order valence-electron chi connectivity index (χ3n) is 6.88. The molecule has 1 heterocycles. The van der Waals surface area contributed by atoms with Crippen LogP contribution in [0.3, 0.4) is 0 Å². The molecule has 164 valence electrons. The number of para-hydroxylation sites is 1. The van der Waals surface area contributed by atoms with Crippen molar-refractivity contribution in [2.24, 2.45) is 0 Å². The summed E-state index contributed by atoms with van der Waals surface area (Å²) in [6, 6.07) is 33.3. The maximum absolute atomic E-state index is 10.5. The van der Waals surface area contributed by atoms with Gasteiger partial charge in [0.05, 0.1) is 6.07 Å². The molecule has 1 aliphatic heterocycles. The highest BCUT2D eigenvalue weighted by Gasteiger charge is 2.39. The van der Waals surface area contributed by atoms with Crippen LogP contribution in [0.4, 0.5) is 0 Å². The third-order valence-corrected chi connectivity index (χ3v) is 6.88. The fourth-order valence-electron chi connectivity index (χ4n) is 4.80. The maximum atomic E-state index is 10.5. The van der Waals surface area contributed by atoms with Crippen LogP contribution in [0.1, 0.15) is 44.2 Å². The van der Waals surface area contributed by atoms with Gasteiger partial charge in [0.1, 0.15) is 17.3 Å². The van der Waals surface area contributed by atoms with Crippen molar-refractivity contribution in [3.63, 3.8) is 0 Å². The van der Waals surface area contributed by atoms with Gasteiger partial charge in [-0.2, -0.15) is 5.26 Å². The van der Waals surface area contributed by atoms with Crippen molar-refractivity contribution in [1.82, 2.24) is 4.90 Å². The number of rotatable bonds is 8. The first kappa shape index (κ1) is 22.1. The molecular weight excluding hydrogens is 392 g/mol. The summed E-state index contributed by atoms with van der Waals surface area (Å²) in [7, 11) is 0. The van der Waals surface area contributed by atoms with Crippen molar-refractivity contribution in [1.29, 1.82) is 5.26 Å². The van der Waals surface area contributed by atoms with Crippen LogP contribution in [0.2, 0.25) is 0 Å². The number of likely N-dealkylation sites (tertiary alicyclic amines) is 1. The van der Waals surface area contributed by atoms with Crippen molar-refractivity contribution in [3.8, 4) is 11.8 Å². The summed E-state index contributed by atoms with van der Waals surface area (Å²) in [6.07, 6.45) is 2.92. The van der Waals surface area contributed by atoms with Gasteiger partial charge in [0.25, 0.3) is 0 Å². The Morgan fingerprint density at radius 3 is 1.91 bits per heavy atom. The highest BCUT2D eigenvalue weighted by molar-refractivity contribution is 5.45. The summed E-state index contributed by atoms with van der Waals surface area (Å²) in [5.74, 6) is 0.939. The van der Waals surface area contributed by atoms with Gasteiger partial charge in [0.15, 0.2) is 0 Å². The molecular formula is C29H32N2O. The molecule has 0 bridgehead atoms. The molecule has 1 aliphatic rings. The molecule has 3 aromatic rings. The lowest BCUT2D eigenvalue weighted by molar-refractivity contribution is 0.114. The summed E-state index contributed by atoms with van der Waals surface area (Å²) >= 11 is 0. The summed E-state index contributed by atoms with van der Waals surface area (Å²) in [4.78, 5) is 2.53. The highest BCUT2D eigenvalue weighted by Crippen LogP contribution is 2.39. The van der Waals surface area contributed by atoms with Crippen LogP contribution in [-0.4, -0.2) is 29.6 Å². The Morgan fingerprint density at radius 1 is 0.844 bits per heavy atom. The van der Waals surface area contributed by atoms with Gasteiger partial charge >= 0.3 is 0 Å². The van der Waals surface area contributed by atoms with E-state index in [0.29, 0.717) is 0 Å². The highest BCUT2D eigenvalue weighted by atomic mass is 16.5. The molecule has 1 atom stereocenters. The van der Waals surface area contributed by atoms with Gasteiger partial charge in [-0.25, -0.2) is 0 Å². The number of hydrogen-bond donors (Lipinski definition) is 0. The van der Waals surface area contributed by atoms with Crippen molar-refractivity contribution >= 4 is 0 Å². The molecule has 3 heteroatoms. The molecule has 1 saturated heterocycles. The minimum Gasteiger partial charge on any atom is -0.489 e. The summed E-state index contributed by atoms with van der Waals surface area (Å²) < 4.78 is 6.21. The Hall–Kier alpha value is -3.09. The van der Waals surface area contributed by atoms with Crippen molar-refractivity contribution < 1.29 is 4.74 Å². The predicted octanol–water partition coefficient (Wildman–Crippen LogP) is 6.21. The van der Waals surface area contributed by atoms with Crippen LogP contribution in [0, 0.1) is 11.3 Å².